The van der Waals surface area contributed by atoms with Crippen LogP contribution in [0.3, 0.4) is 0 Å². The smallest absolute Gasteiger partial charge is 0.315 e. The van der Waals surface area contributed by atoms with Gasteiger partial charge < -0.3 is 15.7 Å². The van der Waals surface area contributed by atoms with E-state index in [-0.39, 0.29) is 19.4 Å². The Labute approximate surface area is 150 Å². The average molecular weight is 362 g/mol. The zero-order chi connectivity index (χ0) is 18.9. The minimum atomic E-state index is -0.934. The van der Waals surface area contributed by atoms with Crippen LogP contribution in [0.15, 0.2) is 48.5 Å². The Balaban J connectivity index is 2.05. The third kappa shape index (κ3) is 6.51. The zero-order valence-corrected chi connectivity index (χ0v) is 14.0. The fraction of sp³-hybridized carbons (Fsp3) is 0.263. The zero-order valence-electron chi connectivity index (χ0n) is 14.0. The Morgan fingerprint density at radius 2 is 1.73 bits per heavy atom. The Bertz CT molecular complexity index is 768. The van der Waals surface area contributed by atoms with Crippen LogP contribution in [-0.2, 0) is 11.2 Å². The summed E-state index contributed by atoms with van der Waals surface area (Å²) >= 11 is 0. The first-order chi connectivity index (χ1) is 12.4. The highest BCUT2D eigenvalue weighted by Gasteiger charge is 2.16. The molecule has 0 spiro atoms. The van der Waals surface area contributed by atoms with Crippen LogP contribution >= 0.6 is 0 Å². The molecule has 0 saturated carbocycles. The SMILES string of the molecule is O=C(O)CCCNC(=O)NC(Cc1cccc(F)c1)c1cccc(F)c1. The highest BCUT2D eigenvalue weighted by Crippen LogP contribution is 2.20. The largest absolute Gasteiger partial charge is 0.481 e. The number of halogens is 2. The second-order valence-electron chi connectivity index (χ2n) is 5.84. The van der Waals surface area contributed by atoms with E-state index in [9.17, 15) is 18.4 Å². The topological polar surface area (TPSA) is 78.4 Å². The molecule has 0 aliphatic rings. The first kappa shape index (κ1) is 19.4. The van der Waals surface area contributed by atoms with E-state index in [1.54, 1.807) is 18.2 Å². The van der Waals surface area contributed by atoms with Crippen molar-refractivity contribution >= 4 is 12.0 Å². The first-order valence-corrected chi connectivity index (χ1v) is 8.20. The molecule has 2 amide bonds. The van der Waals surface area contributed by atoms with Gasteiger partial charge in [-0.2, -0.15) is 0 Å². The van der Waals surface area contributed by atoms with Crippen molar-refractivity contribution in [3.8, 4) is 0 Å². The van der Waals surface area contributed by atoms with Gasteiger partial charge in [0.05, 0.1) is 6.04 Å². The van der Waals surface area contributed by atoms with E-state index >= 15 is 0 Å². The molecule has 138 valence electrons. The fourth-order valence-corrected chi connectivity index (χ4v) is 2.53. The highest BCUT2D eigenvalue weighted by molar-refractivity contribution is 5.74. The number of hydrogen-bond donors (Lipinski definition) is 3. The summed E-state index contributed by atoms with van der Waals surface area (Å²) in [6.45, 7) is 0.202. The van der Waals surface area contributed by atoms with Crippen molar-refractivity contribution in [3.63, 3.8) is 0 Å². The van der Waals surface area contributed by atoms with E-state index in [0.29, 0.717) is 17.5 Å². The lowest BCUT2D eigenvalue weighted by atomic mass is 9.99. The second-order valence-corrected chi connectivity index (χ2v) is 5.84. The summed E-state index contributed by atoms with van der Waals surface area (Å²) in [5.74, 6) is -1.76. The number of urea groups is 1. The van der Waals surface area contributed by atoms with Gasteiger partial charge in [0, 0.05) is 13.0 Å². The number of carboxylic acids is 1. The molecule has 1 unspecified atom stereocenters. The Morgan fingerprint density at radius 1 is 1.04 bits per heavy atom. The fourth-order valence-electron chi connectivity index (χ4n) is 2.53. The number of aliphatic carboxylic acids is 1. The minimum Gasteiger partial charge on any atom is -0.481 e. The molecular weight excluding hydrogens is 342 g/mol. The van der Waals surface area contributed by atoms with Crippen LogP contribution in [0.5, 0.6) is 0 Å². The summed E-state index contributed by atoms with van der Waals surface area (Å²) in [5, 5.41) is 13.9. The lowest BCUT2D eigenvalue weighted by Gasteiger charge is -2.20. The van der Waals surface area contributed by atoms with Gasteiger partial charge in [0.1, 0.15) is 11.6 Å². The molecule has 3 N–H and O–H groups in total. The molecule has 0 aliphatic heterocycles. The summed E-state index contributed by atoms with van der Waals surface area (Å²) in [7, 11) is 0. The van der Waals surface area contributed by atoms with E-state index in [1.807, 2.05) is 0 Å². The van der Waals surface area contributed by atoms with Crippen LogP contribution in [0.1, 0.15) is 30.0 Å². The number of nitrogens with one attached hydrogen (secondary N) is 2. The molecular formula is C19H20F2N2O3. The molecule has 0 radical (unpaired) electrons. The van der Waals surface area contributed by atoms with Gasteiger partial charge in [-0.1, -0.05) is 24.3 Å². The predicted molar refractivity (Wildman–Crippen MR) is 92.6 cm³/mol. The highest BCUT2D eigenvalue weighted by atomic mass is 19.1. The minimum absolute atomic E-state index is 0.0447. The van der Waals surface area contributed by atoms with E-state index in [4.69, 9.17) is 5.11 Å². The lowest BCUT2D eigenvalue weighted by Crippen LogP contribution is -2.39. The van der Waals surface area contributed by atoms with Crippen LogP contribution in [0.25, 0.3) is 0 Å². The molecule has 0 fully saturated rings. The molecule has 0 bridgehead atoms. The van der Waals surface area contributed by atoms with E-state index < -0.39 is 29.7 Å². The quantitative estimate of drug-likeness (QED) is 0.630. The maximum Gasteiger partial charge on any atom is 0.315 e. The predicted octanol–water partition coefficient (Wildman–Crippen LogP) is 3.41. The van der Waals surface area contributed by atoms with Crippen LogP contribution < -0.4 is 10.6 Å². The van der Waals surface area contributed by atoms with E-state index in [2.05, 4.69) is 10.6 Å². The van der Waals surface area contributed by atoms with Gasteiger partial charge in [0.25, 0.3) is 0 Å². The molecule has 26 heavy (non-hydrogen) atoms. The molecule has 0 heterocycles. The van der Waals surface area contributed by atoms with Gasteiger partial charge in [-0.25, -0.2) is 13.6 Å². The van der Waals surface area contributed by atoms with Crippen LogP contribution in [0.2, 0.25) is 0 Å². The average Bonchev–Trinajstić information content (AvgIpc) is 2.58. The Morgan fingerprint density at radius 3 is 2.38 bits per heavy atom. The van der Waals surface area contributed by atoms with Gasteiger partial charge in [-0.3, -0.25) is 4.79 Å². The van der Waals surface area contributed by atoms with Gasteiger partial charge in [-0.15, -0.1) is 0 Å². The number of rotatable bonds is 8. The van der Waals surface area contributed by atoms with E-state index in [0.717, 1.165) is 0 Å². The van der Waals surface area contributed by atoms with Crippen molar-refractivity contribution in [2.45, 2.75) is 25.3 Å². The monoisotopic (exact) mass is 362 g/mol. The lowest BCUT2D eigenvalue weighted by molar-refractivity contribution is -0.137. The molecule has 2 aromatic carbocycles. The number of hydrogen-bond acceptors (Lipinski definition) is 2. The maximum absolute atomic E-state index is 13.5. The van der Waals surface area contributed by atoms with Gasteiger partial charge in [-0.05, 0) is 48.2 Å². The van der Waals surface area contributed by atoms with Crippen LogP contribution in [0, 0.1) is 11.6 Å². The van der Waals surface area contributed by atoms with Crippen LogP contribution in [0.4, 0.5) is 13.6 Å². The Hall–Kier alpha value is -2.96. The standard InChI is InChI=1S/C19H20F2N2O3/c20-15-6-1-4-13(10-15)11-17(14-5-2-7-16(21)12-14)23-19(26)22-9-3-8-18(24)25/h1-2,4-7,10,12,17H,3,8-9,11H2,(H,24,25)(H2,22,23,26). The molecule has 2 rings (SSSR count). The van der Waals surface area contributed by atoms with Crippen molar-refractivity contribution in [1.29, 1.82) is 0 Å². The number of carbonyl (C=O) groups excluding carboxylic acids is 1. The van der Waals surface area contributed by atoms with Crippen molar-refractivity contribution in [2.75, 3.05) is 6.54 Å². The Kier molecular flexibility index (Phi) is 7.08. The molecule has 1 atom stereocenters. The van der Waals surface area contributed by atoms with Gasteiger partial charge in [0.2, 0.25) is 0 Å². The van der Waals surface area contributed by atoms with Crippen molar-refractivity contribution in [1.82, 2.24) is 10.6 Å². The van der Waals surface area contributed by atoms with Gasteiger partial charge >= 0.3 is 12.0 Å². The van der Waals surface area contributed by atoms with Crippen LogP contribution in [-0.4, -0.2) is 23.7 Å². The van der Waals surface area contributed by atoms with Gasteiger partial charge in [0.15, 0.2) is 0 Å². The summed E-state index contributed by atoms with van der Waals surface area (Å²) in [6, 6.07) is 10.7. The number of amides is 2. The number of carboxylic acid groups (broad SMARTS) is 1. The summed E-state index contributed by atoms with van der Waals surface area (Å²) in [5.41, 5.74) is 1.21. The third-order valence-electron chi connectivity index (χ3n) is 3.74. The maximum atomic E-state index is 13.5. The number of benzene rings is 2. The van der Waals surface area contributed by atoms with Crippen molar-refractivity contribution in [3.05, 3.63) is 71.3 Å². The normalized spacial score (nSPS) is 11.6. The van der Waals surface area contributed by atoms with E-state index in [1.165, 1.54) is 30.3 Å². The molecule has 0 saturated heterocycles. The summed E-state index contributed by atoms with van der Waals surface area (Å²) in [6.07, 6.45) is 0.540. The molecule has 5 nitrogen and oxygen atoms in total. The number of carbonyl (C=O) groups is 2. The molecule has 0 aromatic heterocycles. The third-order valence-corrected chi connectivity index (χ3v) is 3.74. The molecule has 2 aromatic rings. The van der Waals surface area contributed by atoms with Crippen molar-refractivity contribution < 1.29 is 23.5 Å². The molecule has 0 aliphatic carbocycles. The first-order valence-electron chi connectivity index (χ1n) is 8.20. The second kappa shape index (κ2) is 9.50. The van der Waals surface area contributed by atoms with Crippen molar-refractivity contribution in [2.24, 2.45) is 0 Å². The molecule has 7 heteroatoms. The summed E-state index contributed by atoms with van der Waals surface area (Å²) < 4.78 is 27.0. The summed E-state index contributed by atoms with van der Waals surface area (Å²) in [4.78, 5) is 22.6.